The highest BCUT2D eigenvalue weighted by Gasteiger charge is 2.14. The second kappa shape index (κ2) is 5.31. The number of aromatic nitrogens is 2. The zero-order valence-corrected chi connectivity index (χ0v) is 10.3. The standard InChI is InChI=1S/C12H23N3/c1-5-12(13)9(3)7-11-8-10(4)14-15(11)6-2/h8-9,12H,5-7,13H2,1-4H3. The van der Waals surface area contributed by atoms with Crippen molar-refractivity contribution in [2.24, 2.45) is 11.7 Å². The average molecular weight is 209 g/mol. The molecule has 1 heterocycles. The molecule has 0 aromatic carbocycles. The first-order chi connectivity index (χ1) is 7.08. The van der Waals surface area contributed by atoms with Gasteiger partial charge in [0.25, 0.3) is 0 Å². The van der Waals surface area contributed by atoms with Crippen LogP contribution < -0.4 is 5.73 Å². The smallest absolute Gasteiger partial charge is 0.0596 e. The Kier molecular flexibility index (Phi) is 4.33. The SMILES string of the molecule is CCC(N)C(C)Cc1cc(C)nn1CC. The maximum atomic E-state index is 6.03. The number of nitrogens with two attached hydrogens (primary N) is 1. The van der Waals surface area contributed by atoms with E-state index in [-0.39, 0.29) is 0 Å². The van der Waals surface area contributed by atoms with Gasteiger partial charge in [-0.15, -0.1) is 0 Å². The fourth-order valence-corrected chi connectivity index (χ4v) is 1.92. The maximum absolute atomic E-state index is 6.03. The van der Waals surface area contributed by atoms with Crippen LogP contribution in [0.4, 0.5) is 0 Å². The molecule has 1 aromatic heterocycles. The Morgan fingerprint density at radius 2 is 2.13 bits per heavy atom. The molecule has 0 radical (unpaired) electrons. The fraction of sp³-hybridized carbons (Fsp3) is 0.750. The summed E-state index contributed by atoms with van der Waals surface area (Å²) >= 11 is 0. The van der Waals surface area contributed by atoms with E-state index < -0.39 is 0 Å². The second-order valence-electron chi connectivity index (χ2n) is 4.35. The van der Waals surface area contributed by atoms with E-state index in [4.69, 9.17) is 5.73 Å². The van der Waals surface area contributed by atoms with Crippen LogP contribution in [0.25, 0.3) is 0 Å². The van der Waals surface area contributed by atoms with Crippen LogP contribution in [-0.2, 0) is 13.0 Å². The molecule has 0 saturated heterocycles. The Morgan fingerprint density at radius 3 is 2.67 bits per heavy atom. The van der Waals surface area contributed by atoms with E-state index in [0.717, 1.165) is 25.1 Å². The minimum absolute atomic E-state index is 0.297. The zero-order valence-electron chi connectivity index (χ0n) is 10.3. The van der Waals surface area contributed by atoms with Crippen LogP contribution in [0.1, 0.15) is 38.6 Å². The molecule has 0 bridgehead atoms. The lowest BCUT2D eigenvalue weighted by Gasteiger charge is -2.18. The van der Waals surface area contributed by atoms with E-state index in [2.05, 4.69) is 36.6 Å². The molecule has 0 spiro atoms. The number of hydrogen-bond acceptors (Lipinski definition) is 2. The van der Waals surface area contributed by atoms with E-state index in [0.29, 0.717) is 12.0 Å². The molecular formula is C12H23N3. The number of aryl methyl sites for hydroxylation is 2. The van der Waals surface area contributed by atoms with Crippen molar-refractivity contribution < 1.29 is 0 Å². The Balaban J connectivity index is 2.70. The Hall–Kier alpha value is -0.830. The van der Waals surface area contributed by atoms with Crippen LogP contribution in [0.2, 0.25) is 0 Å². The van der Waals surface area contributed by atoms with Crippen LogP contribution >= 0.6 is 0 Å². The lowest BCUT2D eigenvalue weighted by molar-refractivity contribution is 0.427. The monoisotopic (exact) mass is 209 g/mol. The Morgan fingerprint density at radius 1 is 1.47 bits per heavy atom. The van der Waals surface area contributed by atoms with Crippen molar-refractivity contribution in [3.63, 3.8) is 0 Å². The molecule has 1 rings (SSSR count). The zero-order chi connectivity index (χ0) is 11.4. The van der Waals surface area contributed by atoms with Crippen LogP contribution in [0.3, 0.4) is 0 Å². The third-order valence-electron chi connectivity index (χ3n) is 3.02. The molecule has 15 heavy (non-hydrogen) atoms. The molecule has 0 fully saturated rings. The summed E-state index contributed by atoms with van der Waals surface area (Å²) in [5.74, 6) is 0.524. The van der Waals surface area contributed by atoms with E-state index in [1.54, 1.807) is 0 Å². The van der Waals surface area contributed by atoms with Crippen molar-refractivity contribution in [3.8, 4) is 0 Å². The van der Waals surface area contributed by atoms with Crippen molar-refractivity contribution in [2.45, 2.75) is 53.1 Å². The fourth-order valence-electron chi connectivity index (χ4n) is 1.92. The summed E-state index contributed by atoms with van der Waals surface area (Å²) in [5.41, 5.74) is 8.45. The molecule has 3 heteroatoms. The van der Waals surface area contributed by atoms with Crippen molar-refractivity contribution in [3.05, 3.63) is 17.5 Å². The molecular weight excluding hydrogens is 186 g/mol. The topological polar surface area (TPSA) is 43.8 Å². The number of nitrogens with zero attached hydrogens (tertiary/aromatic N) is 2. The molecule has 3 nitrogen and oxygen atoms in total. The summed E-state index contributed by atoms with van der Waals surface area (Å²) < 4.78 is 2.08. The minimum atomic E-state index is 0.297. The van der Waals surface area contributed by atoms with Gasteiger partial charge in [-0.1, -0.05) is 13.8 Å². The molecule has 0 amide bonds. The molecule has 2 unspecified atom stereocenters. The van der Waals surface area contributed by atoms with Gasteiger partial charge in [-0.2, -0.15) is 5.10 Å². The van der Waals surface area contributed by atoms with Crippen molar-refractivity contribution in [2.75, 3.05) is 0 Å². The van der Waals surface area contributed by atoms with Gasteiger partial charge in [-0.3, -0.25) is 4.68 Å². The summed E-state index contributed by atoms with van der Waals surface area (Å²) in [6.07, 6.45) is 2.07. The molecule has 0 aliphatic heterocycles. The van der Waals surface area contributed by atoms with Crippen molar-refractivity contribution in [1.29, 1.82) is 0 Å². The molecule has 2 atom stereocenters. The third kappa shape index (κ3) is 3.06. The van der Waals surface area contributed by atoms with E-state index in [1.807, 2.05) is 6.92 Å². The summed E-state index contributed by atoms with van der Waals surface area (Å²) in [5, 5.41) is 4.44. The van der Waals surface area contributed by atoms with Gasteiger partial charge in [0.2, 0.25) is 0 Å². The molecule has 0 aliphatic rings. The van der Waals surface area contributed by atoms with Gasteiger partial charge >= 0.3 is 0 Å². The van der Waals surface area contributed by atoms with Gasteiger partial charge in [0.15, 0.2) is 0 Å². The predicted molar refractivity (Wildman–Crippen MR) is 63.8 cm³/mol. The van der Waals surface area contributed by atoms with Gasteiger partial charge < -0.3 is 5.73 Å². The average Bonchev–Trinajstić information content (AvgIpc) is 2.57. The summed E-state index contributed by atoms with van der Waals surface area (Å²) in [6.45, 7) is 9.47. The molecule has 0 saturated carbocycles. The van der Waals surface area contributed by atoms with Gasteiger partial charge in [-0.25, -0.2) is 0 Å². The van der Waals surface area contributed by atoms with E-state index in [1.165, 1.54) is 5.69 Å². The lowest BCUT2D eigenvalue weighted by Crippen LogP contribution is -2.29. The minimum Gasteiger partial charge on any atom is -0.327 e. The lowest BCUT2D eigenvalue weighted by atomic mass is 9.95. The molecule has 0 aliphatic carbocycles. The summed E-state index contributed by atoms with van der Waals surface area (Å²) in [7, 11) is 0. The first kappa shape index (κ1) is 12.2. The molecule has 86 valence electrons. The summed E-state index contributed by atoms with van der Waals surface area (Å²) in [4.78, 5) is 0. The van der Waals surface area contributed by atoms with E-state index >= 15 is 0 Å². The molecule has 2 N–H and O–H groups in total. The van der Waals surface area contributed by atoms with Gasteiger partial charge in [0.1, 0.15) is 0 Å². The number of hydrogen-bond donors (Lipinski definition) is 1. The first-order valence-corrected chi connectivity index (χ1v) is 5.87. The quantitative estimate of drug-likeness (QED) is 0.807. The highest BCUT2D eigenvalue weighted by atomic mass is 15.3. The third-order valence-corrected chi connectivity index (χ3v) is 3.02. The van der Waals surface area contributed by atoms with E-state index in [9.17, 15) is 0 Å². The number of rotatable bonds is 5. The highest BCUT2D eigenvalue weighted by molar-refractivity contribution is 5.10. The predicted octanol–water partition coefficient (Wildman–Crippen LogP) is 2.13. The van der Waals surface area contributed by atoms with Crippen LogP contribution in [0.15, 0.2) is 6.07 Å². The van der Waals surface area contributed by atoms with Gasteiger partial charge in [-0.05, 0) is 38.7 Å². The van der Waals surface area contributed by atoms with Gasteiger partial charge in [0, 0.05) is 18.3 Å². The molecule has 1 aromatic rings. The Bertz CT molecular complexity index is 304. The van der Waals surface area contributed by atoms with Crippen molar-refractivity contribution in [1.82, 2.24) is 9.78 Å². The maximum Gasteiger partial charge on any atom is 0.0596 e. The van der Waals surface area contributed by atoms with Crippen molar-refractivity contribution >= 4 is 0 Å². The highest BCUT2D eigenvalue weighted by Crippen LogP contribution is 2.14. The Labute approximate surface area is 92.7 Å². The largest absolute Gasteiger partial charge is 0.327 e. The van der Waals surface area contributed by atoms with Crippen LogP contribution in [-0.4, -0.2) is 15.8 Å². The summed E-state index contributed by atoms with van der Waals surface area (Å²) in [6, 6.07) is 2.47. The van der Waals surface area contributed by atoms with Gasteiger partial charge in [0.05, 0.1) is 5.69 Å². The normalized spacial score (nSPS) is 15.3. The first-order valence-electron chi connectivity index (χ1n) is 5.87. The van der Waals surface area contributed by atoms with Crippen LogP contribution in [0.5, 0.6) is 0 Å². The van der Waals surface area contributed by atoms with Crippen LogP contribution in [0, 0.1) is 12.8 Å². The second-order valence-corrected chi connectivity index (χ2v) is 4.35.